The van der Waals surface area contributed by atoms with Crippen molar-refractivity contribution in [3.05, 3.63) is 64.7 Å². The molecular weight excluding hydrogens is 388 g/mol. The van der Waals surface area contributed by atoms with E-state index in [9.17, 15) is 9.59 Å². The van der Waals surface area contributed by atoms with Gasteiger partial charge in [-0.3, -0.25) is 9.59 Å². The zero-order valence-electron chi connectivity index (χ0n) is 17.4. The Bertz CT molecular complexity index is 838. The predicted octanol–water partition coefficient (Wildman–Crippen LogP) is 4.22. The first-order chi connectivity index (χ1) is 13.8. The highest BCUT2D eigenvalue weighted by atomic mass is 35.5. The second-order valence-corrected chi connectivity index (χ2v) is 8.01. The normalized spacial score (nSPS) is 11.8. The third kappa shape index (κ3) is 7.42. The van der Waals surface area contributed by atoms with Crippen LogP contribution in [0.4, 0.5) is 0 Å². The van der Waals surface area contributed by atoms with Gasteiger partial charge >= 0.3 is 0 Å². The average Bonchev–Trinajstić information content (AvgIpc) is 2.68. The van der Waals surface area contributed by atoms with E-state index in [1.807, 2.05) is 45.0 Å². The first kappa shape index (κ1) is 22.8. The molecule has 0 aliphatic heterocycles. The lowest BCUT2D eigenvalue weighted by molar-refractivity contribution is -0.142. The van der Waals surface area contributed by atoms with E-state index in [4.69, 9.17) is 16.3 Å². The third-order valence-corrected chi connectivity index (χ3v) is 4.68. The van der Waals surface area contributed by atoms with Crippen LogP contribution in [0.1, 0.15) is 31.9 Å². The van der Waals surface area contributed by atoms with Crippen molar-refractivity contribution >= 4 is 23.4 Å². The van der Waals surface area contributed by atoms with Crippen LogP contribution in [0.3, 0.4) is 0 Å². The number of ether oxygens (including phenoxy) is 1. The maximum Gasteiger partial charge on any atom is 0.261 e. The van der Waals surface area contributed by atoms with E-state index < -0.39 is 6.04 Å². The van der Waals surface area contributed by atoms with Crippen molar-refractivity contribution in [1.29, 1.82) is 0 Å². The summed E-state index contributed by atoms with van der Waals surface area (Å²) in [5.41, 5.74) is 2.06. The Kier molecular flexibility index (Phi) is 8.52. The Morgan fingerprint density at radius 2 is 1.83 bits per heavy atom. The van der Waals surface area contributed by atoms with Gasteiger partial charge in [0, 0.05) is 18.1 Å². The Morgan fingerprint density at radius 1 is 1.10 bits per heavy atom. The van der Waals surface area contributed by atoms with Crippen LogP contribution in [0.15, 0.2) is 48.5 Å². The number of hydrogen-bond acceptors (Lipinski definition) is 3. The molecule has 2 aromatic rings. The fourth-order valence-corrected chi connectivity index (χ4v) is 3.01. The molecule has 2 amide bonds. The highest BCUT2D eigenvalue weighted by Gasteiger charge is 2.26. The Balaban J connectivity index is 2.13. The molecule has 2 aromatic carbocycles. The van der Waals surface area contributed by atoms with Crippen LogP contribution >= 0.6 is 11.6 Å². The highest BCUT2D eigenvalue weighted by Crippen LogP contribution is 2.18. The molecule has 1 N–H and O–H groups in total. The Hall–Kier alpha value is -2.53. The van der Waals surface area contributed by atoms with Gasteiger partial charge in [0.25, 0.3) is 5.91 Å². The third-order valence-electron chi connectivity index (χ3n) is 4.45. The summed E-state index contributed by atoms with van der Waals surface area (Å²) in [5.74, 6) is 0.401. The van der Waals surface area contributed by atoms with Crippen LogP contribution < -0.4 is 10.1 Å². The molecule has 2 rings (SSSR count). The topological polar surface area (TPSA) is 58.6 Å². The first-order valence-electron chi connectivity index (χ1n) is 9.77. The number of benzene rings is 2. The lowest BCUT2D eigenvalue weighted by atomic mass is 10.1. The van der Waals surface area contributed by atoms with Crippen LogP contribution in [-0.2, 0) is 16.1 Å². The minimum atomic E-state index is -0.621. The zero-order valence-corrected chi connectivity index (χ0v) is 18.2. The van der Waals surface area contributed by atoms with Gasteiger partial charge in [-0.1, -0.05) is 61.3 Å². The lowest BCUT2D eigenvalue weighted by Crippen LogP contribution is -2.49. The van der Waals surface area contributed by atoms with Crippen LogP contribution in [0, 0.1) is 12.8 Å². The minimum absolute atomic E-state index is 0.173. The summed E-state index contributed by atoms with van der Waals surface area (Å²) >= 11 is 5.97. The molecule has 0 aromatic heterocycles. The summed E-state index contributed by atoms with van der Waals surface area (Å²) in [7, 11) is 0. The van der Waals surface area contributed by atoms with Crippen molar-refractivity contribution in [3.63, 3.8) is 0 Å². The molecule has 1 atom stereocenters. The van der Waals surface area contributed by atoms with Crippen molar-refractivity contribution in [3.8, 4) is 5.75 Å². The lowest BCUT2D eigenvalue weighted by Gasteiger charge is -2.29. The van der Waals surface area contributed by atoms with Crippen LogP contribution in [0.5, 0.6) is 5.75 Å². The van der Waals surface area contributed by atoms with Gasteiger partial charge in [-0.15, -0.1) is 0 Å². The zero-order chi connectivity index (χ0) is 21.4. The summed E-state index contributed by atoms with van der Waals surface area (Å²) in [5, 5.41) is 3.44. The van der Waals surface area contributed by atoms with E-state index in [-0.39, 0.29) is 18.4 Å². The van der Waals surface area contributed by atoms with Gasteiger partial charge in [0.1, 0.15) is 11.8 Å². The molecule has 5 nitrogen and oxygen atoms in total. The monoisotopic (exact) mass is 416 g/mol. The average molecular weight is 417 g/mol. The van der Waals surface area contributed by atoms with Gasteiger partial charge in [0.15, 0.2) is 6.61 Å². The maximum absolute atomic E-state index is 13.0. The SMILES string of the molecule is Cc1cccc(CN(C(=O)COc2cccc(Cl)c2)C(C)C(=O)NCC(C)C)c1. The molecule has 0 aliphatic carbocycles. The largest absolute Gasteiger partial charge is 0.484 e. The van der Waals surface area contributed by atoms with Gasteiger partial charge in [0.05, 0.1) is 0 Å². The molecule has 0 heterocycles. The number of aryl methyl sites for hydroxylation is 1. The minimum Gasteiger partial charge on any atom is -0.484 e. The number of carbonyl (C=O) groups excluding carboxylic acids is 2. The van der Waals surface area contributed by atoms with Crippen molar-refractivity contribution in [2.45, 2.75) is 40.3 Å². The Morgan fingerprint density at radius 3 is 2.48 bits per heavy atom. The Labute approximate surface area is 178 Å². The molecule has 0 saturated heterocycles. The van der Waals surface area contributed by atoms with E-state index in [1.54, 1.807) is 36.1 Å². The van der Waals surface area contributed by atoms with E-state index in [0.29, 0.717) is 29.8 Å². The molecule has 6 heteroatoms. The van der Waals surface area contributed by atoms with Crippen molar-refractivity contribution in [2.75, 3.05) is 13.2 Å². The number of hydrogen-bond donors (Lipinski definition) is 1. The molecule has 0 saturated carbocycles. The van der Waals surface area contributed by atoms with Gasteiger partial charge < -0.3 is 15.0 Å². The van der Waals surface area contributed by atoms with E-state index >= 15 is 0 Å². The molecule has 0 fully saturated rings. The van der Waals surface area contributed by atoms with Crippen molar-refractivity contribution in [1.82, 2.24) is 10.2 Å². The summed E-state index contributed by atoms with van der Waals surface area (Å²) in [4.78, 5) is 27.1. The number of halogens is 1. The van der Waals surface area contributed by atoms with Gasteiger partial charge in [-0.2, -0.15) is 0 Å². The quantitative estimate of drug-likeness (QED) is 0.665. The van der Waals surface area contributed by atoms with Crippen molar-refractivity contribution in [2.24, 2.45) is 5.92 Å². The standard InChI is InChI=1S/C23H29ClN2O3/c1-16(2)13-25-23(28)18(4)26(14-19-8-5-7-17(3)11-19)22(27)15-29-21-10-6-9-20(24)12-21/h5-12,16,18H,13-15H2,1-4H3,(H,25,28). The van der Waals surface area contributed by atoms with E-state index in [2.05, 4.69) is 5.32 Å². The van der Waals surface area contributed by atoms with Crippen LogP contribution in [0.25, 0.3) is 0 Å². The fourth-order valence-electron chi connectivity index (χ4n) is 2.83. The van der Waals surface area contributed by atoms with Gasteiger partial charge in [-0.05, 0) is 43.5 Å². The van der Waals surface area contributed by atoms with Crippen LogP contribution in [-0.4, -0.2) is 35.9 Å². The van der Waals surface area contributed by atoms with Gasteiger partial charge in [0.2, 0.25) is 5.91 Å². The molecule has 29 heavy (non-hydrogen) atoms. The highest BCUT2D eigenvalue weighted by molar-refractivity contribution is 6.30. The summed E-state index contributed by atoms with van der Waals surface area (Å²) in [6.45, 7) is 8.51. The predicted molar refractivity (Wildman–Crippen MR) is 116 cm³/mol. The maximum atomic E-state index is 13.0. The summed E-state index contributed by atoms with van der Waals surface area (Å²) < 4.78 is 5.61. The number of nitrogens with one attached hydrogen (secondary N) is 1. The summed E-state index contributed by atoms with van der Waals surface area (Å²) in [6.07, 6.45) is 0. The van der Waals surface area contributed by atoms with E-state index in [0.717, 1.165) is 11.1 Å². The first-order valence-corrected chi connectivity index (χ1v) is 10.1. The summed E-state index contributed by atoms with van der Waals surface area (Å²) in [6, 6.07) is 14.2. The van der Waals surface area contributed by atoms with Crippen LogP contribution in [0.2, 0.25) is 5.02 Å². The molecule has 0 aliphatic rings. The number of nitrogens with zero attached hydrogens (tertiary/aromatic N) is 1. The molecule has 0 spiro atoms. The molecule has 0 radical (unpaired) electrons. The molecular formula is C23H29ClN2O3. The number of amides is 2. The molecule has 156 valence electrons. The smallest absolute Gasteiger partial charge is 0.261 e. The second kappa shape index (κ2) is 10.9. The van der Waals surface area contributed by atoms with Crippen molar-refractivity contribution < 1.29 is 14.3 Å². The molecule has 1 unspecified atom stereocenters. The second-order valence-electron chi connectivity index (χ2n) is 7.57. The van der Waals surface area contributed by atoms with E-state index in [1.165, 1.54) is 0 Å². The fraction of sp³-hybridized carbons (Fsp3) is 0.391. The molecule has 0 bridgehead atoms. The number of rotatable bonds is 9. The van der Waals surface area contributed by atoms with Gasteiger partial charge in [-0.25, -0.2) is 0 Å². The number of carbonyl (C=O) groups is 2.